The summed E-state index contributed by atoms with van der Waals surface area (Å²) in [5, 5.41) is 51.4. The maximum atomic E-state index is 14.3. The third-order valence-electron chi connectivity index (χ3n) is 21.8. The molecule has 20 rings (SSSR count). The normalized spacial score (nSPS) is 28.2. The quantitative estimate of drug-likeness (QED) is 0.101. The highest BCUT2D eigenvalue weighted by atomic mass is 19.1. The van der Waals surface area contributed by atoms with Gasteiger partial charge in [0.1, 0.15) is 29.1 Å². The minimum atomic E-state index is -0.477. The number of aliphatic hydroxyl groups is 5. The van der Waals surface area contributed by atoms with Crippen molar-refractivity contribution in [3.63, 3.8) is 0 Å². The average Bonchev–Trinajstić information content (AvgIpc) is 1.62. The summed E-state index contributed by atoms with van der Waals surface area (Å²) in [5.74, 6) is -1.86. The van der Waals surface area contributed by atoms with Crippen LogP contribution in [0.1, 0.15) is 90.1 Å². The lowest BCUT2D eigenvalue weighted by Gasteiger charge is -2.33. The minimum absolute atomic E-state index is 0.144. The molecule has 15 atom stereocenters. The molecule has 0 amide bonds. The number of halogens is 5. The molecule has 0 saturated carbocycles. The Morgan fingerprint density at radius 3 is 0.630 bits per heavy atom. The zero-order chi connectivity index (χ0) is 68.4. The Kier molecular flexibility index (Phi) is 18.3. The van der Waals surface area contributed by atoms with Gasteiger partial charge < -0.3 is 72.1 Å². The SMILES string of the molecule is OC1CCOCC1C1c2c(F)cccc2-c2cncn21.O[C@@H]1CCOC[C@H]1[C@@H]1c2c(F)cccc2-c2cncn21.O[C@@H]1CCOC[C@H]1[C@H]1c2c(F)cccc2-c2cncn21.O[C@H]1CCOC[C@@H]1[C@@H]1c2c(F)cccc2-c2cncn21.O[C@H]1CCOC[C@@H]1[C@H]1c2c(F)cccc2-c2cncn21. The molecular weight excluding hydrogens is 1300 g/mol. The van der Waals surface area contributed by atoms with Crippen molar-refractivity contribution in [1.29, 1.82) is 0 Å². The molecule has 10 aliphatic heterocycles. The molecule has 25 heteroatoms. The lowest BCUT2D eigenvalue weighted by Crippen LogP contribution is -2.37. The van der Waals surface area contributed by atoms with Crippen molar-refractivity contribution in [2.24, 2.45) is 29.6 Å². The van der Waals surface area contributed by atoms with Crippen molar-refractivity contribution in [3.05, 3.63) is 211 Å². The number of fused-ring (bicyclic) bond motifs is 15. The van der Waals surface area contributed by atoms with Gasteiger partial charge in [-0.15, -0.1) is 0 Å². The van der Waals surface area contributed by atoms with Crippen LogP contribution in [0, 0.1) is 58.7 Å². The standard InChI is InChI=1S/5C15H15FN2O2/c5*16-11-3-1-2-9-12-6-17-8-18(12)15(14(9)11)10-7-20-5-4-13(10)19/h5*1-3,6,8,10,13,15,19H,4-5,7H2/t2*10-,13-,15+;2*10-,13-,15-;/m1010./s1. The van der Waals surface area contributed by atoms with Gasteiger partial charge in [0.15, 0.2) is 0 Å². The van der Waals surface area contributed by atoms with E-state index in [0.29, 0.717) is 126 Å². The number of aliphatic hydroxyl groups excluding tert-OH is 5. The zero-order valence-electron chi connectivity index (χ0n) is 54.3. The second-order valence-corrected chi connectivity index (χ2v) is 27.1. The Hall–Kier alpha value is -8.60. The number of aromatic nitrogens is 10. The molecule has 0 spiro atoms. The second-order valence-electron chi connectivity index (χ2n) is 27.1. The number of imidazole rings is 5. The van der Waals surface area contributed by atoms with Crippen molar-refractivity contribution in [2.75, 3.05) is 66.1 Å². The topological polar surface area (TPSA) is 236 Å². The summed E-state index contributed by atoms with van der Waals surface area (Å²) in [6.07, 6.45) is 17.8. The van der Waals surface area contributed by atoms with Gasteiger partial charge >= 0.3 is 0 Å². The first kappa shape index (κ1) is 66.0. The van der Waals surface area contributed by atoms with Gasteiger partial charge in [0.2, 0.25) is 0 Å². The number of rotatable bonds is 5. The number of benzene rings is 5. The molecule has 0 bridgehead atoms. The van der Waals surface area contributed by atoms with Crippen LogP contribution in [0.25, 0.3) is 56.3 Å². The van der Waals surface area contributed by atoms with Crippen molar-refractivity contribution in [2.45, 2.75) is 92.8 Å². The van der Waals surface area contributed by atoms with Crippen LogP contribution in [0.3, 0.4) is 0 Å². The fourth-order valence-corrected chi connectivity index (χ4v) is 17.0. The maximum Gasteiger partial charge on any atom is 0.129 e. The predicted molar refractivity (Wildman–Crippen MR) is 353 cm³/mol. The lowest BCUT2D eigenvalue weighted by molar-refractivity contribution is -0.0487. The average molecular weight is 1370 g/mol. The number of hydrogen-bond acceptors (Lipinski definition) is 15. The summed E-state index contributed by atoms with van der Waals surface area (Å²) >= 11 is 0. The Bertz CT molecular complexity index is 3940. The summed E-state index contributed by atoms with van der Waals surface area (Å²) < 4.78 is 109. The Balaban J connectivity index is 0.0000000972. The van der Waals surface area contributed by atoms with Crippen molar-refractivity contribution < 1.29 is 71.2 Å². The summed E-state index contributed by atoms with van der Waals surface area (Å²) in [5.41, 5.74) is 12.1. The highest BCUT2D eigenvalue weighted by Gasteiger charge is 2.47. The van der Waals surface area contributed by atoms with Crippen LogP contribution in [0.2, 0.25) is 0 Å². The van der Waals surface area contributed by atoms with E-state index in [1.807, 2.05) is 53.2 Å². The van der Waals surface area contributed by atoms with E-state index < -0.39 is 30.5 Å². The van der Waals surface area contributed by atoms with Crippen molar-refractivity contribution >= 4 is 0 Å². The van der Waals surface area contributed by atoms with E-state index in [4.69, 9.17) is 23.7 Å². The molecule has 20 nitrogen and oxygen atoms in total. The molecule has 3 unspecified atom stereocenters. The highest BCUT2D eigenvalue weighted by Crippen LogP contribution is 2.52. The zero-order valence-corrected chi connectivity index (χ0v) is 54.3. The first-order valence-corrected chi connectivity index (χ1v) is 34.2. The monoisotopic (exact) mass is 1370 g/mol. The summed E-state index contributed by atoms with van der Waals surface area (Å²) in [7, 11) is 0. The largest absolute Gasteiger partial charge is 0.393 e. The molecule has 5 saturated heterocycles. The molecule has 15 heterocycles. The molecule has 10 aliphatic rings. The van der Waals surface area contributed by atoms with E-state index in [0.717, 1.165) is 56.3 Å². The van der Waals surface area contributed by atoms with Crippen LogP contribution in [0.4, 0.5) is 22.0 Å². The lowest BCUT2D eigenvalue weighted by atomic mass is 9.86. The molecule has 520 valence electrons. The Morgan fingerprint density at radius 1 is 0.280 bits per heavy atom. The third-order valence-corrected chi connectivity index (χ3v) is 21.8. The van der Waals surface area contributed by atoms with E-state index in [1.54, 1.807) is 93.0 Å². The smallest absolute Gasteiger partial charge is 0.129 e. The van der Waals surface area contributed by atoms with Crippen LogP contribution in [-0.2, 0) is 23.7 Å². The molecule has 100 heavy (non-hydrogen) atoms. The van der Waals surface area contributed by atoms with E-state index >= 15 is 0 Å². The third kappa shape index (κ3) is 11.5. The fraction of sp³-hybridized carbons (Fsp3) is 0.400. The second kappa shape index (κ2) is 27.7. The van der Waals surface area contributed by atoms with Gasteiger partial charge in [-0.05, 0) is 62.4 Å². The molecule has 0 radical (unpaired) electrons. The van der Waals surface area contributed by atoms with Crippen molar-refractivity contribution in [1.82, 2.24) is 47.8 Å². The predicted octanol–water partition coefficient (Wildman–Crippen LogP) is 9.95. The van der Waals surface area contributed by atoms with Crippen LogP contribution in [-0.4, -0.2) is 170 Å². The maximum absolute atomic E-state index is 14.3. The minimum Gasteiger partial charge on any atom is -0.393 e. The van der Waals surface area contributed by atoms with Crippen LogP contribution >= 0.6 is 0 Å². The van der Waals surface area contributed by atoms with Gasteiger partial charge in [-0.3, -0.25) is 0 Å². The number of hydrogen-bond donors (Lipinski definition) is 5. The van der Waals surface area contributed by atoms with Crippen LogP contribution < -0.4 is 0 Å². The van der Waals surface area contributed by atoms with Crippen LogP contribution in [0.15, 0.2) is 154 Å². The van der Waals surface area contributed by atoms with E-state index in [2.05, 4.69) is 24.9 Å². The fourth-order valence-electron chi connectivity index (χ4n) is 17.0. The van der Waals surface area contributed by atoms with Gasteiger partial charge in [0.05, 0.1) is 185 Å². The summed E-state index contributed by atoms with van der Waals surface area (Å²) in [6.45, 7) is 5.01. The molecular formula is C75H75F5N10O10. The van der Waals surface area contributed by atoms with Crippen LogP contribution in [0.5, 0.6) is 0 Å². The Labute approximate surface area is 571 Å². The Morgan fingerprint density at radius 2 is 0.460 bits per heavy atom. The molecule has 5 aromatic heterocycles. The number of nitrogens with zero attached hydrogens (tertiary/aromatic N) is 10. The molecule has 5 fully saturated rings. The van der Waals surface area contributed by atoms with Crippen molar-refractivity contribution in [3.8, 4) is 56.3 Å². The highest BCUT2D eigenvalue weighted by molar-refractivity contribution is 5.73. The summed E-state index contributed by atoms with van der Waals surface area (Å²) in [6, 6.07) is 24.3. The summed E-state index contributed by atoms with van der Waals surface area (Å²) in [4.78, 5) is 20.8. The van der Waals surface area contributed by atoms with E-state index in [-0.39, 0.29) is 88.9 Å². The van der Waals surface area contributed by atoms with E-state index in [1.165, 1.54) is 30.3 Å². The molecule has 5 aromatic carbocycles. The molecule has 10 aromatic rings. The van der Waals surface area contributed by atoms with Gasteiger partial charge in [-0.2, -0.15) is 0 Å². The van der Waals surface area contributed by atoms with Gasteiger partial charge in [-0.25, -0.2) is 46.9 Å². The molecule has 5 N–H and O–H groups in total. The first-order valence-electron chi connectivity index (χ1n) is 34.2. The van der Waals surface area contributed by atoms with Gasteiger partial charge in [-0.1, -0.05) is 60.7 Å². The van der Waals surface area contributed by atoms with E-state index in [9.17, 15) is 47.5 Å². The first-order chi connectivity index (χ1) is 48.9. The molecule has 0 aliphatic carbocycles. The van der Waals surface area contributed by atoms with Gasteiger partial charge in [0.25, 0.3) is 0 Å². The number of ether oxygens (including phenoxy) is 5. The van der Waals surface area contributed by atoms with Gasteiger partial charge in [0, 0.05) is 118 Å².